The van der Waals surface area contributed by atoms with E-state index in [9.17, 15) is 16.8 Å². The van der Waals surface area contributed by atoms with E-state index in [1.807, 2.05) is 36.4 Å². The summed E-state index contributed by atoms with van der Waals surface area (Å²) in [5.41, 5.74) is 1.86. The first kappa shape index (κ1) is 32.7. The van der Waals surface area contributed by atoms with Gasteiger partial charge in [0.2, 0.25) is 44.3 Å². The highest BCUT2D eigenvalue weighted by Crippen LogP contribution is 2.58. The molecule has 48 heavy (non-hydrogen) atoms. The van der Waals surface area contributed by atoms with Crippen molar-refractivity contribution in [1.82, 2.24) is 0 Å². The van der Waals surface area contributed by atoms with Crippen LogP contribution in [0.25, 0.3) is 0 Å². The van der Waals surface area contributed by atoms with Crippen LogP contribution in [0.15, 0.2) is 145 Å². The van der Waals surface area contributed by atoms with Crippen LogP contribution in [0.4, 0.5) is 0 Å². The van der Waals surface area contributed by atoms with Gasteiger partial charge in [-0.3, -0.25) is 0 Å². The van der Waals surface area contributed by atoms with Crippen LogP contribution in [0.1, 0.15) is 25.7 Å². The highest BCUT2D eigenvalue weighted by atomic mass is 32.3. The van der Waals surface area contributed by atoms with Crippen LogP contribution in [0.2, 0.25) is 0 Å². The summed E-state index contributed by atoms with van der Waals surface area (Å²) in [7, 11) is 0. The van der Waals surface area contributed by atoms with Gasteiger partial charge in [0, 0.05) is 12.8 Å². The summed E-state index contributed by atoms with van der Waals surface area (Å²) in [4.78, 5) is 0. The third-order valence-corrected chi connectivity index (χ3v) is 15.5. The third-order valence-electron chi connectivity index (χ3n) is 8.83. The lowest BCUT2D eigenvalue weighted by molar-refractivity contribution is 0.416. The van der Waals surface area contributed by atoms with E-state index < -0.39 is 52.5 Å². The molecule has 12 heteroatoms. The van der Waals surface area contributed by atoms with E-state index in [2.05, 4.69) is 0 Å². The van der Waals surface area contributed by atoms with E-state index in [1.54, 1.807) is 97.1 Å². The zero-order valence-electron chi connectivity index (χ0n) is 25.6. The number of hydrogen-bond acceptors (Lipinski definition) is 8. The lowest BCUT2D eigenvalue weighted by Gasteiger charge is -2.28. The summed E-state index contributed by atoms with van der Waals surface area (Å²) < 4.78 is 77.7. The SMILES string of the molecule is O=S(Oc1ccccc1)C1(S(=O)Oc2ccccc2)CC2=CC=C3CC(S(=O)Oc4ccccc4)(S(=O)Oc4ccccc4)C[C@@H]3[C@H]2C1. The monoisotopic (exact) mass is 720 g/mol. The number of fused-ring (bicyclic) bond motifs is 3. The Morgan fingerprint density at radius 3 is 0.917 bits per heavy atom. The molecule has 3 aliphatic carbocycles. The average Bonchev–Trinajstić information content (AvgIpc) is 3.72. The summed E-state index contributed by atoms with van der Waals surface area (Å²) in [6.07, 6.45) is 4.70. The second kappa shape index (κ2) is 13.9. The standard InChI is InChI=1S/C36H32O8S4/c37-45(41-29-13-5-1-6-14-29)35(46(38)42-30-15-7-2-8-16-30)23-27-21-22-28-24-36(26-34(28)33(27)25-35,47(39)43-31-17-9-3-10-18-31)48(40)44-32-19-11-4-12-20-32/h1-22,33-34H,23-26H2/t33-,34-,35?,36?,45?,46?,47?,48?/m0/s1. The van der Waals surface area contributed by atoms with E-state index in [0.717, 1.165) is 11.1 Å². The average molecular weight is 721 g/mol. The minimum Gasteiger partial charge on any atom is -0.399 e. The highest BCUT2D eigenvalue weighted by molar-refractivity contribution is 8.00. The molecule has 8 nitrogen and oxygen atoms in total. The lowest BCUT2D eigenvalue weighted by Crippen LogP contribution is -2.42. The van der Waals surface area contributed by atoms with Crippen molar-refractivity contribution in [2.45, 2.75) is 33.8 Å². The number of para-hydroxylation sites is 4. The fraction of sp³-hybridized carbons (Fsp3) is 0.222. The molecule has 0 bridgehead atoms. The van der Waals surface area contributed by atoms with Crippen molar-refractivity contribution in [3.8, 4) is 23.0 Å². The largest absolute Gasteiger partial charge is 0.399 e. The van der Waals surface area contributed by atoms with Crippen LogP contribution in [0.5, 0.6) is 23.0 Å². The molecule has 0 saturated heterocycles. The summed E-state index contributed by atoms with van der Waals surface area (Å²) in [5.74, 6) is 1.04. The van der Waals surface area contributed by atoms with E-state index >= 15 is 0 Å². The molecule has 2 fully saturated rings. The predicted octanol–water partition coefficient (Wildman–Crippen LogP) is 7.04. The first-order valence-corrected chi connectivity index (χ1v) is 19.7. The van der Waals surface area contributed by atoms with Gasteiger partial charge in [-0.2, -0.15) is 0 Å². The summed E-state index contributed by atoms with van der Waals surface area (Å²) in [5, 5.41) is 0. The van der Waals surface area contributed by atoms with Gasteiger partial charge in [-0.25, -0.2) is 16.8 Å². The molecule has 3 aliphatic rings. The minimum absolute atomic E-state index is 0.192. The van der Waals surface area contributed by atoms with E-state index in [-0.39, 0.29) is 37.5 Å². The molecule has 4 aromatic rings. The summed E-state index contributed by atoms with van der Waals surface area (Å²) in [6.45, 7) is 0. The number of hydrogen-bond donors (Lipinski definition) is 0. The molecule has 0 N–H and O–H groups in total. The quantitative estimate of drug-likeness (QED) is 0.154. The molecule has 0 amide bonds. The van der Waals surface area contributed by atoms with Crippen molar-refractivity contribution in [2.75, 3.05) is 0 Å². The van der Waals surface area contributed by atoms with Crippen molar-refractivity contribution in [3.63, 3.8) is 0 Å². The fourth-order valence-corrected chi connectivity index (χ4v) is 12.0. The smallest absolute Gasteiger partial charge is 0.229 e. The molecule has 6 atom stereocenters. The van der Waals surface area contributed by atoms with Gasteiger partial charge in [-0.05, 0) is 73.2 Å². The molecule has 0 aliphatic heterocycles. The van der Waals surface area contributed by atoms with Gasteiger partial charge >= 0.3 is 0 Å². The van der Waals surface area contributed by atoms with Gasteiger partial charge in [-0.1, -0.05) is 96.1 Å². The Balaban J connectivity index is 1.21. The highest BCUT2D eigenvalue weighted by Gasteiger charge is 2.62. The second-order valence-electron chi connectivity index (χ2n) is 11.8. The van der Waals surface area contributed by atoms with Crippen LogP contribution < -0.4 is 16.7 Å². The number of allylic oxidation sites excluding steroid dienone is 4. The molecule has 248 valence electrons. The van der Waals surface area contributed by atoms with Crippen molar-refractivity contribution >= 4 is 44.3 Å². The van der Waals surface area contributed by atoms with Crippen molar-refractivity contribution in [1.29, 1.82) is 0 Å². The van der Waals surface area contributed by atoms with Gasteiger partial charge in [0.25, 0.3) is 0 Å². The zero-order valence-corrected chi connectivity index (χ0v) is 28.8. The molecule has 0 spiro atoms. The van der Waals surface area contributed by atoms with Crippen molar-refractivity contribution < 1.29 is 33.6 Å². The Labute approximate surface area is 289 Å². The van der Waals surface area contributed by atoms with Crippen LogP contribution in [-0.4, -0.2) is 25.0 Å². The topological polar surface area (TPSA) is 105 Å². The maximum atomic E-state index is 14.2. The van der Waals surface area contributed by atoms with Crippen molar-refractivity contribution in [3.05, 3.63) is 145 Å². The molecular formula is C36H32O8S4. The summed E-state index contributed by atoms with van der Waals surface area (Å²) >= 11 is -8.33. The van der Waals surface area contributed by atoms with Gasteiger partial charge < -0.3 is 16.7 Å². The Hall–Kier alpha value is -3.84. The molecule has 0 aromatic heterocycles. The van der Waals surface area contributed by atoms with Crippen LogP contribution >= 0.6 is 0 Å². The molecule has 0 radical (unpaired) electrons. The predicted molar refractivity (Wildman–Crippen MR) is 188 cm³/mol. The van der Waals surface area contributed by atoms with Crippen LogP contribution in [-0.2, 0) is 44.3 Å². The first-order valence-electron chi connectivity index (χ1n) is 15.4. The van der Waals surface area contributed by atoms with Gasteiger partial charge in [0.1, 0.15) is 23.0 Å². The number of rotatable bonds is 12. The maximum absolute atomic E-state index is 14.2. The first-order chi connectivity index (χ1) is 23.4. The van der Waals surface area contributed by atoms with E-state index in [0.29, 0.717) is 23.0 Å². The molecule has 4 unspecified atom stereocenters. The van der Waals surface area contributed by atoms with Crippen LogP contribution in [0.3, 0.4) is 0 Å². The van der Waals surface area contributed by atoms with E-state index in [4.69, 9.17) is 16.7 Å². The molecule has 2 saturated carbocycles. The summed E-state index contributed by atoms with van der Waals surface area (Å²) in [6, 6.07) is 35.1. The molecular weight excluding hydrogens is 689 g/mol. The Morgan fingerprint density at radius 1 is 0.417 bits per heavy atom. The number of benzene rings is 4. The third kappa shape index (κ3) is 6.46. The van der Waals surface area contributed by atoms with Crippen LogP contribution in [0, 0.1) is 11.8 Å². The fourth-order valence-electron chi connectivity index (χ4n) is 6.52. The molecule has 0 heterocycles. The normalized spacial score (nSPS) is 26.8. The van der Waals surface area contributed by atoms with E-state index in [1.165, 1.54) is 0 Å². The Morgan fingerprint density at radius 2 is 0.667 bits per heavy atom. The molecule has 7 rings (SSSR count). The molecule has 4 aromatic carbocycles. The van der Waals surface area contributed by atoms with Gasteiger partial charge in [-0.15, -0.1) is 0 Å². The lowest BCUT2D eigenvalue weighted by atomic mass is 9.80. The van der Waals surface area contributed by atoms with Crippen molar-refractivity contribution in [2.24, 2.45) is 11.8 Å². The zero-order chi connectivity index (χ0) is 33.1. The minimum atomic E-state index is -2.08. The second-order valence-corrected chi connectivity index (χ2v) is 18.0. The van der Waals surface area contributed by atoms with Gasteiger partial charge in [0.15, 0.2) is 8.16 Å². The Kier molecular flexibility index (Phi) is 9.50. The van der Waals surface area contributed by atoms with Gasteiger partial charge in [0.05, 0.1) is 0 Å². The maximum Gasteiger partial charge on any atom is 0.229 e. The Bertz CT molecular complexity index is 1670.